The van der Waals surface area contributed by atoms with Crippen molar-refractivity contribution >= 4 is 17.6 Å². The minimum absolute atomic E-state index is 0.0328. The standard InChI is InChI=1S/C15H22ClN3O2/c1-10-11(13(16)18(2)17-10)9-19-6-4-15(5-7-19)8-12(15)14(20)21-3/h12H,4-9H2,1-3H3. The minimum Gasteiger partial charge on any atom is -0.469 e. The summed E-state index contributed by atoms with van der Waals surface area (Å²) in [6, 6.07) is 0. The molecular weight excluding hydrogens is 290 g/mol. The fraction of sp³-hybridized carbons (Fsp3) is 0.733. The fourth-order valence-electron chi connectivity index (χ4n) is 3.61. The molecule has 1 aromatic rings. The number of hydrogen-bond donors (Lipinski definition) is 0. The van der Waals surface area contributed by atoms with Crippen molar-refractivity contribution in [2.75, 3.05) is 20.2 Å². The summed E-state index contributed by atoms with van der Waals surface area (Å²) in [5.41, 5.74) is 2.34. The highest BCUT2D eigenvalue weighted by molar-refractivity contribution is 6.30. The lowest BCUT2D eigenvalue weighted by molar-refractivity contribution is -0.143. The summed E-state index contributed by atoms with van der Waals surface area (Å²) in [7, 11) is 3.35. The number of halogens is 1. The molecule has 1 saturated heterocycles. The predicted octanol–water partition coefficient (Wildman–Crippen LogP) is 2.16. The number of aromatic nitrogens is 2. The van der Waals surface area contributed by atoms with Crippen LogP contribution >= 0.6 is 11.6 Å². The Kier molecular flexibility index (Phi) is 3.74. The highest BCUT2D eigenvalue weighted by atomic mass is 35.5. The number of piperidine rings is 1. The zero-order chi connectivity index (χ0) is 15.2. The summed E-state index contributed by atoms with van der Waals surface area (Å²) in [5.74, 6) is 0.1000. The molecule has 2 heterocycles. The van der Waals surface area contributed by atoms with Gasteiger partial charge in [0.15, 0.2) is 0 Å². The largest absolute Gasteiger partial charge is 0.469 e. The number of likely N-dealkylation sites (tertiary alicyclic amines) is 1. The van der Waals surface area contributed by atoms with Gasteiger partial charge in [-0.25, -0.2) is 0 Å². The molecule has 116 valence electrons. The first-order valence-electron chi connectivity index (χ1n) is 7.45. The van der Waals surface area contributed by atoms with E-state index in [1.807, 2.05) is 14.0 Å². The molecule has 1 unspecified atom stereocenters. The van der Waals surface area contributed by atoms with Crippen molar-refractivity contribution in [3.8, 4) is 0 Å². The molecule has 2 fully saturated rings. The third kappa shape index (κ3) is 2.57. The van der Waals surface area contributed by atoms with Crippen molar-refractivity contribution in [3.05, 3.63) is 16.4 Å². The summed E-state index contributed by atoms with van der Waals surface area (Å²) in [6.07, 6.45) is 3.15. The molecule has 2 aliphatic rings. The van der Waals surface area contributed by atoms with Crippen LogP contribution in [0.1, 0.15) is 30.5 Å². The Hall–Kier alpha value is -1.07. The van der Waals surface area contributed by atoms with Crippen molar-refractivity contribution in [3.63, 3.8) is 0 Å². The van der Waals surface area contributed by atoms with Crippen molar-refractivity contribution in [2.45, 2.75) is 32.7 Å². The van der Waals surface area contributed by atoms with E-state index in [0.717, 1.165) is 55.3 Å². The quantitative estimate of drug-likeness (QED) is 0.803. The molecule has 0 aromatic carbocycles. The van der Waals surface area contributed by atoms with E-state index in [1.165, 1.54) is 7.11 Å². The number of esters is 1. The molecule has 21 heavy (non-hydrogen) atoms. The Bertz CT molecular complexity index is 562. The average molecular weight is 312 g/mol. The van der Waals surface area contributed by atoms with E-state index in [-0.39, 0.29) is 17.3 Å². The van der Waals surface area contributed by atoms with Crippen LogP contribution in [-0.4, -0.2) is 40.8 Å². The molecule has 0 bridgehead atoms. The fourth-order valence-corrected chi connectivity index (χ4v) is 3.84. The van der Waals surface area contributed by atoms with Gasteiger partial charge in [-0.05, 0) is 44.7 Å². The van der Waals surface area contributed by atoms with Crippen molar-refractivity contribution in [1.29, 1.82) is 0 Å². The maximum absolute atomic E-state index is 11.6. The summed E-state index contributed by atoms with van der Waals surface area (Å²) in [6.45, 7) is 4.87. The van der Waals surface area contributed by atoms with E-state index < -0.39 is 0 Å². The summed E-state index contributed by atoms with van der Waals surface area (Å²) >= 11 is 6.30. The van der Waals surface area contributed by atoms with Gasteiger partial charge >= 0.3 is 5.97 Å². The van der Waals surface area contributed by atoms with Gasteiger partial charge in [0, 0.05) is 19.2 Å². The first-order chi connectivity index (χ1) is 9.97. The molecule has 0 amide bonds. The zero-order valence-electron chi connectivity index (χ0n) is 12.9. The van der Waals surface area contributed by atoms with Gasteiger partial charge in [0.1, 0.15) is 5.15 Å². The van der Waals surface area contributed by atoms with Crippen LogP contribution in [0.15, 0.2) is 0 Å². The van der Waals surface area contributed by atoms with Crippen LogP contribution < -0.4 is 0 Å². The van der Waals surface area contributed by atoms with E-state index in [1.54, 1.807) is 4.68 Å². The molecule has 0 N–H and O–H groups in total. The molecule has 6 heteroatoms. The smallest absolute Gasteiger partial charge is 0.309 e. The van der Waals surface area contributed by atoms with Gasteiger partial charge in [0.2, 0.25) is 0 Å². The Labute approximate surface area is 130 Å². The summed E-state index contributed by atoms with van der Waals surface area (Å²) < 4.78 is 6.61. The van der Waals surface area contributed by atoms with E-state index in [0.29, 0.717) is 0 Å². The highest BCUT2D eigenvalue weighted by Gasteiger charge is 2.59. The van der Waals surface area contributed by atoms with Gasteiger partial charge in [-0.3, -0.25) is 14.4 Å². The van der Waals surface area contributed by atoms with Gasteiger partial charge < -0.3 is 4.74 Å². The Morgan fingerprint density at radius 3 is 2.67 bits per heavy atom. The second-order valence-electron chi connectivity index (χ2n) is 6.40. The number of rotatable bonds is 3. The van der Waals surface area contributed by atoms with Crippen LogP contribution in [-0.2, 0) is 23.1 Å². The SMILES string of the molecule is COC(=O)C1CC12CCN(Cc1c(C)nn(C)c1Cl)CC2. The van der Waals surface area contributed by atoms with Gasteiger partial charge in [-0.2, -0.15) is 5.10 Å². The summed E-state index contributed by atoms with van der Waals surface area (Å²) in [5, 5.41) is 5.09. The van der Waals surface area contributed by atoms with Crippen LogP contribution in [0.2, 0.25) is 5.15 Å². The van der Waals surface area contributed by atoms with E-state index in [2.05, 4.69) is 10.00 Å². The number of hydrogen-bond acceptors (Lipinski definition) is 4. The van der Waals surface area contributed by atoms with Gasteiger partial charge in [0.25, 0.3) is 0 Å². The topological polar surface area (TPSA) is 47.4 Å². The number of aryl methyl sites for hydroxylation is 2. The molecule has 0 radical (unpaired) electrons. The first-order valence-corrected chi connectivity index (χ1v) is 7.83. The van der Waals surface area contributed by atoms with Gasteiger partial charge in [-0.15, -0.1) is 0 Å². The lowest BCUT2D eigenvalue weighted by Gasteiger charge is -2.32. The molecule has 1 spiro atoms. The molecular formula is C15H22ClN3O2. The van der Waals surface area contributed by atoms with Crippen LogP contribution in [0.25, 0.3) is 0 Å². The van der Waals surface area contributed by atoms with Crippen molar-refractivity contribution in [1.82, 2.24) is 14.7 Å². The van der Waals surface area contributed by atoms with E-state index in [9.17, 15) is 4.79 Å². The van der Waals surface area contributed by atoms with Crippen LogP contribution in [0.5, 0.6) is 0 Å². The molecule has 1 aliphatic carbocycles. The van der Waals surface area contributed by atoms with Crippen LogP contribution in [0.3, 0.4) is 0 Å². The lowest BCUT2D eigenvalue weighted by atomic mass is 9.90. The normalized spacial score (nSPS) is 24.3. The number of carbonyl (C=O) groups is 1. The maximum Gasteiger partial charge on any atom is 0.309 e. The zero-order valence-corrected chi connectivity index (χ0v) is 13.6. The van der Waals surface area contributed by atoms with Crippen molar-refractivity contribution in [2.24, 2.45) is 18.4 Å². The maximum atomic E-state index is 11.6. The van der Waals surface area contributed by atoms with Gasteiger partial charge in [0.05, 0.1) is 18.7 Å². The van der Waals surface area contributed by atoms with Crippen LogP contribution in [0.4, 0.5) is 0 Å². The van der Waals surface area contributed by atoms with Crippen molar-refractivity contribution < 1.29 is 9.53 Å². The first kappa shape index (κ1) is 14.9. The van der Waals surface area contributed by atoms with E-state index >= 15 is 0 Å². The second-order valence-corrected chi connectivity index (χ2v) is 6.75. The molecule has 3 rings (SSSR count). The highest BCUT2D eigenvalue weighted by Crippen LogP contribution is 2.59. The minimum atomic E-state index is -0.0328. The molecule has 1 atom stereocenters. The lowest BCUT2D eigenvalue weighted by Crippen LogP contribution is -2.35. The predicted molar refractivity (Wildman–Crippen MR) is 80.0 cm³/mol. The Morgan fingerprint density at radius 1 is 1.48 bits per heavy atom. The molecule has 1 aliphatic heterocycles. The average Bonchev–Trinajstić information content (AvgIpc) is 3.12. The third-order valence-electron chi connectivity index (χ3n) is 5.18. The number of nitrogens with zero attached hydrogens (tertiary/aromatic N) is 3. The number of carbonyl (C=O) groups excluding carboxylic acids is 1. The third-order valence-corrected chi connectivity index (χ3v) is 5.65. The molecule has 1 aromatic heterocycles. The van der Waals surface area contributed by atoms with Crippen LogP contribution in [0, 0.1) is 18.3 Å². The number of methoxy groups -OCH3 is 1. The number of ether oxygens (including phenoxy) is 1. The monoisotopic (exact) mass is 311 g/mol. The molecule has 1 saturated carbocycles. The molecule has 5 nitrogen and oxygen atoms in total. The Morgan fingerprint density at radius 2 is 2.14 bits per heavy atom. The van der Waals surface area contributed by atoms with E-state index in [4.69, 9.17) is 16.3 Å². The summed E-state index contributed by atoms with van der Waals surface area (Å²) in [4.78, 5) is 14.1. The Balaban J connectivity index is 1.59. The van der Waals surface area contributed by atoms with Gasteiger partial charge in [-0.1, -0.05) is 11.6 Å². The second kappa shape index (κ2) is 5.29.